The van der Waals surface area contributed by atoms with E-state index in [0.29, 0.717) is 5.56 Å². The highest BCUT2D eigenvalue weighted by molar-refractivity contribution is 5.86. The molecule has 0 radical (unpaired) electrons. The molecule has 0 fully saturated rings. The lowest BCUT2D eigenvalue weighted by atomic mass is 10.00. The highest BCUT2D eigenvalue weighted by Gasteiger charge is 2.18. The summed E-state index contributed by atoms with van der Waals surface area (Å²) in [5.41, 5.74) is 0.432. The molecule has 1 aromatic rings. The number of non-ortho nitro benzene ring substituents is 1. The summed E-state index contributed by atoms with van der Waals surface area (Å²) in [6.45, 7) is 1.38. The van der Waals surface area contributed by atoms with E-state index in [9.17, 15) is 19.7 Å². The standard InChI is InChI=1S/C12H14N2O5/c1-8(12(16)13-7-11(15)19-2)9-4-3-5-10(6-9)14(17)18/h3-6,8H,7H2,1-2H3,(H,13,16). The van der Waals surface area contributed by atoms with Gasteiger partial charge in [-0.25, -0.2) is 0 Å². The number of rotatable bonds is 5. The second kappa shape index (κ2) is 6.48. The molecule has 7 heteroatoms. The molecule has 0 saturated carbocycles. The molecule has 1 atom stereocenters. The summed E-state index contributed by atoms with van der Waals surface area (Å²) in [7, 11) is 1.22. The average molecular weight is 266 g/mol. The van der Waals surface area contributed by atoms with Crippen molar-refractivity contribution in [3.63, 3.8) is 0 Å². The van der Waals surface area contributed by atoms with Crippen molar-refractivity contribution in [1.82, 2.24) is 5.32 Å². The number of nitrogens with one attached hydrogen (secondary N) is 1. The highest BCUT2D eigenvalue weighted by atomic mass is 16.6. The topological polar surface area (TPSA) is 98.5 Å². The third kappa shape index (κ3) is 4.06. The number of hydrogen-bond acceptors (Lipinski definition) is 5. The maximum Gasteiger partial charge on any atom is 0.325 e. The lowest BCUT2D eigenvalue weighted by molar-refractivity contribution is -0.384. The zero-order chi connectivity index (χ0) is 14.4. The van der Waals surface area contributed by atoms with E-state index in [1.54, 1.807) is 13.0 Å². The molecule has 1 amide bonds. The summed E-state index contributed by atoms with van der Waals surface area (Å²) in [6, 6.07) is 5.82. The Labute approximate surface area is 109 Å². The molecule has 1 N–H and O–H groups in total. The van der Waals surface area contributed by atoms with Gasteiger partial charge in [0, 0.05) is 12.1 Å². The normalized spacial score (nSPS) is 11.5. The summed E-state index contributed by atoms with van der Waals surface area (Å²) in [5, 5.41) is 13.0. The lowest BCUT2D eigenvalue weighted by Gasteiger charge is -2.11. The zero-order valence-electron chi connectivity index (χ0n) is 10.6. The van der Waals surface area contributed by atoms with E-state index in [-0.39, 0.29) is 12.2 Å². The number of ether oxygens (including phenoxy) is 1. The van der Waals surface area contributed by atoms with Gasteiger partial charge >= 0.3 is 5.97 Å². The quantitative estimate of drug-likeness (QED) is 0.486. The van der Waals surface area contributed by atoms with Crippen LogP contribution in [0.3, 0.4) is 0 Å². The second-order valence-corrected chi connectivity index (χ2v) is 3.87. The first-order chi connectivity index (χ1) is 8.95. The summed E-state index contributed by atoms with van der Waals surface area (Å²) in [6.07, 6.45) is 0. The molecule has 0 saturated heterocycles. The number of carbonyl (C=O) groups is 2. The molecule has 0 aliphatic heterocycles. The Hall–Kier alpha value is -2.44. The molecule has 1 unspecified atom stereocenters. The van der Waals surface area contributed by atoms with E-state index in [0.717, 1.165) is 0 Å². The van der Waals surface area contributed by atoms with Gasteiger partial charge in [-0.05, 0) is 12.5 Å². The molecule has 7 nitrogen and oxygen atoms in total. The zero-order valence-corrected chi connectivity index (χ0v) is 10.6. The van der Waals surface area contributed by atoms with E-state index in [1.807, 2.05) is 0 Å². The maximum absolute atomic E-state index is 11.8. The minimum atomic E-state index is -0.593. The van der Waals surface area contributed by atoms with Crippen LogP contribution in [0, 0.1) is 10.1 Å². The largest absolute Gasteiger partial charge is 0.468 e. The molecule has 102 valence electrons. The van der Waals surface area contributed by atoms with Gasteiger partial charge in [-0.2, -0.15) is 0 Å². The Kier molecular flexibility index (Phi) is 4.99. The van der Waals surface area contributed by atoms with Gasteiger partial charge in [-0.1, -0.05) is 12.1 Å². The average Bonchev–Trinajstić information content (AvgIpc) is 2.43. The molecule has 0 aromatic heterocycles. The predicted molar refractivity (Wildman–Crippen MR) is 66.5 cm³/mol. The lowest BCUT2D eigenvalue weighted by Crippen LogP contribution is -2.33. The predicted octanol–water partition coefficient (Wildman–Crippen LogP) is 0.987. The fourth-order valence-electron chi connectivity index (χ4n) is 1.44. The van der Waals surface area contributed by atoms with Crippen molar-refractivity contribution in [3.05, 3.63) is 39.9 Å². The smallest absolute Gasteiger partial charge is 0.325 e. The first kappa shape index (κ1) is 14.6. The van der Waals surface area contributed by atoms with Crippen LogP contribution in [-0.2, 0) is 14.3 Å². The van der Waals surface area contributed by atoms with E-state index < -0.39 is 22.7 Å². The molecular weight excluding hydrogens is 252 g/mol. The summed E-state index contributed by atoms with van der Waals surface area (Å²) in [5.74, 6) is -1.55. The van der Waals surface area contributed by atoms with Crippen LogP contribution >= 0.6 is 0 Å². The first-order valence-electron chi connectivity index (χ1n) is 5.54. The molecular formula is C12H14N2O5. The van der Waals surface area contributed by atoms with E-state index in [2.05, 4.69) is 10.1 Å². The van der Waals surface area contributed by atoms with Crippen LogP contribution in [0.1, 0.15) is 18.4 Å². The number of nitrogens with zero attached hydrogens (tertiary/aromatic N) is 1. The van der Waals surface area contributed by atoms with Crippen LogP contribution in [0.2, 0.25) is 0 Å². The SMILES string of the molecule is COC(=O)CNC(=O)C(C)c1cccc([N+](=O)[O-])c1. The van der Waals surface area contributed by atoms with E-state index in [4.69, 9.17) is 0 Å². The molecule has 19 heavy (non-hydrogen) atoms. The van der Waals surface area contributed by atoms with Crippen molar-refractivity contribution in [1.29, 1.82) is 0 Å². The van der Waals surface area contributed by atoms with Crippen LogP contribution in [0.5, 0.6) is 0 Å². The highest BCUT2D eigenvalue weighted by Crippen LogP contribution is 2.20. The number of methoxy groups -OCH3 is 1. The fraction of sp³-hybridized carbons (Fsp3) is 0.333. The number of benzene rings is 1. The molecule has 1 rings (SSSR count). The van der Waals surface area contributed by atoms with Gasteiger partial charge in [-0.3, -0.25) is 19.7 Å². The Balaban J connectivity index is 2.74. The summed E-state index contributed by atoms with van der Waals surface area (Å²) < 4.78 is 4.39. The van der Waals surface area contributed by atoms with E-state index >= 15 is 0 Å². The molecule has 0 aliphatic rings. The van der Waals surface area contributed by atoms with Gasteiger partial charge < -0.3 is 10.1 Å². The monoisotopic (exact) mass is 266 g/mol. The fourth-order valence-corrected chi connectivity index (χ4v) is 1.44. The van der Waals surface area contributed by atoms with Gasteiger partial charge in [0.15, 0.2) is 0 Å². The molecule has 0 spiro atoms. The Morgan fingerprint density at radius 1 is 1.47 bits per heavy atom. The number of nitro benzene ring substituents is 1. The third-order valence-electron chi connectivity index (χ3n) is 2.61. The number of esters is 1. The van der Waals surface area contributed by atoms with Crippen molar-refractivity contribution in [3.8, 4) is 0 Å². The molecule has 0 heterocycles. The first-order valence-corrected chi connectivity index (χ1v) is 5.54. The number of amides is 1. The number of nitro groups is 1. The Morgan fingerprint density at radius 3 is 2.74 bits per heavy atom. The van der Waals surface area contributed by atoms with Crippen LogP contribution in [0.15, 0.2) is 24.3 Å². The Morgan fingerprint density at radius 2 is 2.16 bits per heavy atom. The van der Waals surface area contributed by atoms with Gasteiger partial charge in [0.05, 0.1) is 18.0 Å². The number of carbonyl (C=O) groups excluding carboxylic acids is 2. The van der Waals surface area contributed by atoms with E-state index in [1.165, 1.54) is 25.3 Å². The number of hydrogen-bond donors (Lipinski definition) is 1. The maximum atomic E-state index is 11.8. The Bertz CT molecular complexity index is 501. The third-order valence-corrected chi connectivity index (χ3v) is 2.61. The van der Waals surface area contributed by atoms with Crippen molar-refractivity contribution < 1.29 is 19.2 Å². The molecule has 0 bridgehead atoms. The van der Waals surface area contributed by atoms with Crippen molar-refractivity contribution >= 4 is 17.6 Å². The van der Waals surface area contributed by atoms with Gasteiger partial charge in [0.1, 0.15) is 6.54 Å². The van der Waals surface area contributed by atoms with Crippen LogP contribution in [0.4, 0.5) is 5.69 Å². The molecule has 0 aliphatic carbocycles. The van der Waals surface area contributed by atoms with Gasteiger partial charge in [0.2, 0.25) is 5.91 Å². The van der Waals surface area contributed by atoms with Crippen LogP contribution < -0.4 is 5.32 Å². The minimum Gasteiger partial charge on any atom is -0.468 e. The van der Waals surface area contributed by atoms with Gasteiger partial charge in [-0.15, -0.1) is 0 Å². The summed E-state index contributed by atoms with van der Waals surface area (Å²) in [4.78, 5) is 32.8. The van der Waals surface area contributed by atoms with Crippen LogP contribution in [-0.4, -0.2) is 30.5 Å². The minimum absolute atomic E-state index is 0.0786. The van der Waals surface area contributed by atoms with Crippen molar-refractivity contribution in [2.24, 2.45) is 0 Å². The second-order valence-electron chi connectivity index (χ2n) is 3.87. The van der Waals surface area contributed by atoms with Crippen molar-refractivity contribution in [2.75, 3.05) is 13.7 Å². The van der Waals surface area contributed by atoms with Crippen molar-refractivity contribution in [2.45, 2.75) is 12.8 Å². The summed E-state index contributed by atoms with van der Waals surface area (Å²) >= 11 is 0. The van der Waals surface area contributed by atoms with Crippen LogP contribution in [0.25, 0.3) is 0 Å². The molecule has 1 aromatic carbocycles. The van der Waals surface area contributed by atoms with Gasteiger partial charge in [0.25, 0.3) is 5.69 Å².